The van der Waals surface area contributed by atoms with Crippen LogP contribution < -0.4 is 28.7 Å². The van der Waals surface area contributed by atoms with Gasteiger partial charge in [-0.05, 0) is 12.8 Å². The van der Waals surface area contributed by atoms with Gasteiger partial charge in [0.2, 0.25) is 0 Å². The van der Waals surface area contributed by atoms with E-state index in [1.807, 2.05) is 0 Å². The van der Waals surface area contributed by atoms with Gasteiger partial charge in [-0.3, -0.25) is 0 Å². The van der Waals surface area contributed by atoms with Gasteiger partial charge < -0.3 is 73.1 Å². The monoisotopic (exact) mass is 467 g/mol. The fourth-order valence-corrected chi connectivity index (χ4v) is 4.43. The molecule has 0 unspecified atom stereocenters. The zero-order chi connectivity index (χ0) is 23.7. The third-order valence-corrected chi connectivity index (χ3v) is 6.41. The molecule has 0 aromatic heterocycles. The van der Waals surface area contributed by atoms with Crippen molar-refractivity contribution in [3.05, 3.63) is 0 Å². The predicted octanol–water partition coefficient (Wildman–Crippen LogP) is -6.30. The Kier molecular flexibility index (Phi) is 8.79. The van der Waals surface area contributed by atoms with E-state index < -0.39 is 92.2 Å². The number of aliphatic hydroxyl groups is 5. The molecule has 0 amide bonds. The molecule has 3 aliphatic rings. The van der Waals surface area contributed by atoms with Crippen LogP contribution in [0.2, 0.25) is 0 Å². The molecule has 0 radical (unpaired) electrons. The molecule has 14 nitrogen and oxygen atoms in total. The van der Waals surface area contributed by atoms with Crippen molar-refractivity contribution in [2.75, 3.05) is 13.2 Å². The molecule has 188 valence electrons. The summed E-state index contributed by atoms with van der Waals surface area (Å²) in [5.74, 6) is 0. The third kappa shape index (κ3) is 5.24. The van der Waals surface area contributed by atoms with Crippen LogP contribution in [-0.4, -0.2) is 124 Å². The zero-order valence-corrected chi connectivity index (χ0v) is 17.7. The Morgan fingerprint density at radius 1 is 0.719 bits per heavy atom. The van der Waals surface area contributed by atoms with Crippen molar-refractivity contribution in [1.29, 1.82) is 0 Å². The van der Waals surface area contributed by atoms with Gasteiger partial charge in [0, 0.05) is 18.6 Å². The minimum atomic E-state index is -1.44. The molecule has 0 aromatic rings. The maximum atomic E-state index is 11.0. The standard InChI is InChI=1S/C18H37N5O9/c19-3-9-8(25)2-7(22)17(29-9)31-15-5(20)1-6(21)16(14(15)28)32-18-13(27)11(23)12(26)10(4-24)30-18/h5-18,24-28H,1-4,19-23H2/t5-,6+,7-,8-,9+,10-,11+,12+,13+,14-,15-,16+,17-,18+/m1/s1. The Morgan fingerprint density at radius 2 is 1.28 bits per heavy atom. The number of aliphatic hydroxyl groups excluding tert-OH is 5. The van der Waals surface area contributed by atoms with Gasteiger partial charge in [0.1, 0.15) is 36.6 Å². The first kappa shape index (κ1) is 26.1. The van der Waals surface area contributed by atoms with Crippen LogP contribution >= 0.6 is 0 Å². The number of nitrogens with two attached hydrogens (primary N) is 5. The lowest BCUT2D eigenvalue weighted by Crippen LogP contribution is -2.68. The molecule has 0 bridgehead atoms. The molecule has 3 rings (SSSR count). The molecule has 2 aliphatic heterocycles. The van der Waals surface area contributed by atoms with Crippen molar-refractivity contribution in [3.8, 4) is 0 Å². The van der Waals surface area contributed by atoms with Crippen LogP contribution in [0.4, 0.5) is 0 Å². The van der Waals surface area contributed by atoms with Crippen LogP contribution in [-0.2, 0) is 18.9 Å². The van der Waals surface area contributed by atoms with Crippen LogP contribution in [0.1, 0.15) is 12.8 Å². The topological polar surface area (TPSA) is 268 Å². The Balaban J connectivity index is 1.70. The number of rotatable bonds is 6. The van der Waals surface area contributed by atoms with E-state index in [1.165, 1.54) is 0 Å². The van der Waals surface area contributed by atoms with E-state index >= 15 is 0 Å². The number of hydrogen-bond donors (Lipinski definition) is 10. The molecule has 0 aromatic carbocycles. The first-order valence-corrected chi connectivity index (χ1v) is 10.8. The fraction of sp³-hybridized carbons (Fsp3) is 1.00. The van der Waals surface area contributed by atoms with Gasteiger partial charge in [0.05, 0.1) is 30.9 Å². The van der Waals surface area contributed by atoms with Crippen molar-refractivity contribution in [1.82, 2.24) is 0 Å². The van der Waals surface area contributed by atoms with Crippen LogP contribution in [0.15, 0.2) is 0 Å². The molecule has 1 aliphatic carbocycles. The number of ether oxygens (including phenoxy) is 4. The van der Waals surface area contributed by atoms with Gasteiger partial charge in [-0.25, -0.2) is 0 Å². The van der Waals surface area contributed by atoms with Gasteiger partial charge in [-0.2, -0.15) is 0 Å². The molecule has 1 saturated carbocycles. The third-order valence-electron chi connectivity index (χ3n) is 6.41. The highest BCUT2D eigenvalue weighted by molar-refractivity contribution is 5.01. The average Bonchev–Trinajstić information content (AvgIpc) is 2.75. The van der Waals surface area contributed by atoms with Crippen LogP contribution in [0, 0.1) is 0 Å². The Bertz CT molecular complexity index is 607. The normalized spacial score (nSPS) is 52.7. The van der Waals surface area contributed by atoms with Crippen LogP contribution in [0.5, 0.6) is 0 Å². The van der Waals surface area contributed by atoms with E-state index in [1.54, 1.807) is 0 Å². The highest BCUT2D eigenvalue weighted by Crippen LogP contribution is 2.30. The zero-order valence-electron chi connectivity index (χ0n) is 17.7. The van der Waals surface area contributed by atoms with E-state index in [0.717, 1.165) is 0 Å². The first-order chi connectivity index (χ1) is 15.1. The second-order valence-corrected chi connectivity index (χ2v) is 8.78. The summed E-state index contributed by atoms with van der Waals surface area (Å²) in [6.45, 7) is -0.499. The average molecular weight is 468 g/mol. The van der Waals surface area contributed by atoms with Gasteiger partial charge in [-0.1, -0.05) is 0 Å². The molecular weight excluding hydrogens is 430 g/mol. The Morgan fingerprint density at radius 3 is 1.84 bits per heavy atom. The molecule has 3 fully saturated rings. The van der Waals surface area contributed by atoms with E-state index in [9.17, 15) is 25.5 Å². The lowest BCUT2D eigenvalue weighted by molar-refractivity contribution is -0.314. The SMILES string of the molecule is NC[C@@H]1O[C@H](O[C@H]2[C@@H](O)[C@@H](O[C@@H]3O[C@H](CO)[C@H](O)[C@H](N)[C@@H]3O)[C@@H](N)C[C@H]2N)[C@H](N)C[C@H]1O. The molecule has 14 heteroatoms. The Hall–Kier alpha value is -0.560. The van der Waals surface area contributed by atoms with Crippen LogP contribution in [0.25, 0.3) is 0 Å². The summed E-state index contributed by atoms with van der Waals surface area (Å²) >= 11 is 0. The summed E-state index contributed by atoms with van der Waals surface area (Å²) in [5, 5.41) is 50.7. The summed E-state index contributed by atoms with van der Waals surface area (Å²) in [6, 6.07) is -3.27. The molecule has 32 heavy (non-hydrogen) atoms. The maximum Gasteiger partial charge on any atom is 0.186 e. The number of hydrogen-bond acceptors (Lipinski definition) is 14. The van der Waals surface area contributed by atoms with Crippen molar-refractivity contribution >= 4 is 0 Å². The highest BCUT2D eigenvalue weighted by Gasteiger charge is 2.50. The van der Waals surface area contributed by atoms with Crippen LogP contribution in [0.3, 0.4) is 0 Å². The van der Waals surface area contributed by atoms with Gasteiger partial charge in [-0.15, -0.1) is 0 Å². The second kappa shape index (κ2) is 10.8. The van der Waals surface area contributed by atoms with Crippen molar-refractivity contribution in [2.24, 2.45) is 28.7 Å². The van der Waals surface area contributed by atoms with Gasteiger partial charge in [0.15, 0.2) is 12.6 Å². The molecule has 15 N–H and O–H groups in total. The van der Waals surface area contributed by atoms with E-state index in [-0.39, 0.29) is 19.4 Å². The Labute approximate surface area is 185 Å². The summed E-state index contributed by atoms with van der Waals surface area (Å²) in [5.41, 5.74) is 29.8. The minimum Gasteiger partial charge on any atom is -0.394 e. The lowest BCUT2D eigenvalue weighted by Gasteiger charge is -2.47. The molecule has 0 spiro atoms. The minimum absolute atomic E-state index is 0.0542. The summed E-state index contributed by atoms with van der Waals surface area (Å²) in [4.78, 5) is 0. The first-order valence-electron chi connectivity index (χ1n) is 10.8. The van der Waals surface area contributed by atoms with E-state index in [2.05, 4.69) is 0 Å². The highest BCUT2D eigenvalue weighted by atomic mass is 16.7. The molecule has 2 heterocycles. The molecule has 14 atom stereocenters. The summed E-state index contributed by atoms with van der Waals surface area (Å²) in [7, 11) is 0. The molecular formula is C18H37N5O9. The largest absolute Gasteiger partial charge is 0.394 e. The van der Waals surface area contributed by atoms with Crippen molar-refractivity contribution in [2.45, 2.75) is 98.4 Å². The van der Waals surface area contributed by atoms with E-state index in [0.29, 0.717) is 0 Å². The smallest absolute Gasteiger partial charge is 0.186 e. The summed E-state index contributed by atoms with van der Waals surface area (Å²) in [6.07, 6.45) is -10.8. The van der Waals surface area contributed by atoms with Gasteiger partial charge >= 0.3 is 0 Å². The second-order valence-electron chi connectivity index (χ2n) is 8.78. The maximum absolute atomic E-state index is 11.0. The van der Waals surface area contributed by atoms with Crippen molar-refractivity contribution < 1.29 is 44.5 Å². The quantitative estimate of drug-likeness (QED) is 0.174. The lowest BCUT2D eigenvalue weighted by atomic mass is 9.84. The summed E-state index contributed by atoms with van der Waals surface area (Å²) < 4.78 is 22.7. The fourth-order valence-electron chi connectivity index (χ4n) is 4.43. The van der Waals surface area contributed by atoms with Gasteiger partial charge in [0.25, 0.3) is 0 Å². The van der Waals surface area contributed by atoms with Crippen molar-refractivity contribution in [3.63, 3.8) is 0 Å². The van der Waals surface area contributed by atoms with E-state index in [4.69, 9.17) is 47.6 Å². The molecule has 2 saturated heterocycles. The predicted molar refractivity (Wildman–Crippen MR) is 108 cm³/mol.